The topological polar surface area (TPSA) is 76.0 Å². The van der Waals surface area contributed by atoms with Crippen LogP contribution in [-0.4, -0.2) is 29.4 Å². The van der Waals surface area contributed by atoms with E-state index in [4.69, 9.17) is 14.6 Å². The molecule has 2 rings (SSSR count). The van der Waals surface area contributed by atoms with Gasteiger partial charge >= 0.3 is 5.97 Å². The van der Waals surface area contributed by atoms with E-state index in [-0.39, 0.29) is 18.6 Å². The van der Waals surface area contributed by atoms with E-state index in [2.05, 4.69) is 15.9 Å². The van der Waals surface area contributed by atoms with E-state index in [1.807, 2.05) is 0 Å². The van der Waals surface area contributed by atoms with Gasteiger partial charge in [0.25, 0.3) is 0 Å². The largest absolute Gasteiger partial charge is 0.506 e. The summed E-state index contributed by atoms with van der Waals surface area (Å²) in [6, 6.07) is 1.62. The monoisotopic (exact) mass is 302 g/mol. The molecule has 6 heteroatoms. The van der Waals surface area contributed by atoms with Crippen molar-refractivity contribution in [3.05, 3.63) is 16.1 Å². The molecule has 0 saturated heterocycles. The van der Waals surface area contributed by atoms with Crippen molar-refractivity contribution in [3.8, 4) is 17.2 Å². The summed E-state index contributed by atoms with van der Waals surface area (Å²) in [5.41, 5.74) is 0.531. The molecule has 0 saturated carbocycles. The van der Waals surface area contributed by atoms with Crippen LogP contribution >= 0.6 is 15.9 Å². The number of ether oxygens (including phenoxy) is 2. The predicted octanol–water partition coefficient (Wildman–Crippen LogP) is 1.94. The summed E-state index contributed by atoms with van der Waals surface area (Å²) in [4.78, 5) is 10.5. The first kappa shape index (κ1) is 12.0. The summed E-state index contributed by atoms with van der Waals surface area (Å²) >= 11 is 3.22. The number of aromatic hydroxyl groups is 1. The van der Waals surface area contributed by atoms with Gasteiger partial charge in [-0.15, -0.1) is 0 Å². The molecule has 0 radical (unpaired) electrons. The number of rotatable bonds is 3. The molecule has 1 heterocycles. The number of carbonyl (C=O) groups is 1. The van der Waals surface area contributed by atoms with E-state index in [0.29, 0.717) is 34.7 Å². The highest BCUT2D eigenvalue weighted by atomic mass is 79.9. The summed E-state index contributed by atoms with van der Waals surface area (Å²) in [6.45, 7) is 0.877. The molecule has 1 aliphatic rings. The minimum Gasteiger partial charge on any atom is -0.506 e. The van der Waals surface area contributed by atoms with Crippen molar-refractivity contribution in [1.82, 2.24) is 0 Å². The van der Waals surface area contributed by atoms with Crippen molar-refractivity contribution < 1.29 is 24.5 Å². The number of carboxylic acid groups (broad SMARTS) is 1. The second-order valence-electron chi connectivity index (χ2n) is 3.62. The molecule has 5 nitrogen and oxygen atoms in total. The molecule has 0 fully saturated rings. The molecule has 92 valence electrons. The number of fused-ring (bicyclic) bond motifs is 1. The lowest BCUT2D eigenvalue weighted by molar-refractivity contribution is -0.136. The summed E-state index contributed by atoms with van der Waals surface area (Å²) in [7, 11) is 0. The first-order chi connectivity index (χ1) is 8.09. The van der Waals surface area contributed by atoms with E-state index >= 15 is 0 Å². The van der Waals surface area contributed by atoms with E-state index in [9.17, 15) is 9.90 Å². The Morgan fingerprint density at radius 1 is 1.41 bits per heavy atom. The van der Waals surface area contributed by atoms with Gasteiger partial charge in [0.2, 0.25) is 0 Å². The molecule has 0 atom stereocenters. The Hall–Kier alpha value is -1.43. The van der Waals surface area contributed by atoms with Crippen LogP contribution in [0.4, 0.5) is 0 Å². The SMILES string of the molecule is O=C(O)CCc1cc2c(c(Br)c1O)OCCO2. The summed E-state index contributed by atoms with van der Waals surface area (Å²) in [5, 5.41) is 18.5. The van der Waals surface area contributed by atoms with Crippen molar-refractivity contribution in [2.45, 2.75) is 12.8 Å². The number of phenols is 1. The van der Waals surface area contributed by atoms with Crippen molar-refractivity contribution in [2.75, 3.05) is 13.2 Å². The Balaban J connectivity index is 2.33. The van der Waals surface area contributed by atoms with Crippen LogP contribution in [0.1, 0.15) is 12.0 Å². The molecule has 0 amide bonds. The molecule has 0 aromatic heterocycles. The number of halogens is 1. The van der Waals surface area contributed by atoms with E-state index in [0.717, 1.165) is 0 Å². The minimum atomic E-state index is -0.907. The van der Waals surface area contributed by atoms with Gasteiger partial charge in [0.15, 0.2) is 11.5 Å². The first-order valence-corrected chi connectivity index (χ1v) is 5.90. The van der Waals surface area contributed by atoms with Gasteiger partial charge in [0.05, 0.1) is 0 Å². The highest BCUT2D eigenvalue weighted by molar-refractivity contribution is 9.10. The summed E-state index contributed by atoms with van der Waals surface area (Å²) < 4.78 is 11.2. The van der Waals surface area contributed by atoms with Crippen LogP contribution in [0.3, 0.4) is 0 Å². The number of phenolic OH excluding ortho intramolecular Hbond substituents is 1. The van der Waals surface area contributed by atoms with Crippen molar-refractivity contribution >= 4 is 21.9 Å². The van der Waals surface area contributed by atoms with Gasteiger partial charge in [0.1, 0.15) is 23.4 Å². The van der Waals surface area contributed by atoms with Crippen LogP contribution < -0.4 is 9.47 Å². The number of benzene rings is 1. The number of aliphatic carboxylic acids is 1. The molecule has 2 N–H and O–H groups in total. The fourth-order valence-electron chi connectivity index (χ4n) is 1.62. The Morgan fingerprint density at radius 2 is 2.12 bits per heavy atom. The van der Waals surface area contributed by atoms with E-state index in [1.165, 1.54) is 0 Å². The Kier molecular flexibility index (Phi) is 3.42. The molecular weight excluding hydrogens is 292 g/mol. The standard InChI is InChI=1S/C11H11BrO5/c12-9-10(15)6(1-2-8(13)14)5-7-11(9)17-4-3-16-7/h5,15H,1-4H2,(H,13,14). The van der Waals surface area contributed by atoms with Crippen LogP contribution in [0.5, 0.6) is 17.2 Å². The number of carboxylic acids is 1. The molecule has 1 aromatic rings. The van der Waals surface area contributed by atoms with Gasteiger partial charge in [-0.25, -0.2) is 0 Å². The van der Waals surface area contributed by atoms with Crippen molar-refractivity contribution in [3.63, 3.8) is 0 Å². The summed E-state index contributed by atoms with van der Waals surface area (Å²) in [5.74, 6) is 0.0973. The van der Waals surface area contributed by atoms with Gasteiger partial charge in [-0.2, -0.15) is 0 Å². The zero-order valence-electron chi connectivity index (χ0n) is 8.90. The van der Waals surface area contributed by atoms with Gasteiger partial charge in [-0.1, -0.05) is 0 Å². The van der Waals surface area contributed by atoms with Gasteiger partial charge < -0.3 is 19.7 Å². The molecule has 0 spiro atoms. The second kappa shape index (κ2) is 4.83. The lowest BCUT2D eigenvalue weighted by Crippen LogP contribution is -2.16. The average Bonchev–Trinajstić information content (AvgIpc) is 2.32. The Labute approximate surface area is 106 Å². The lowest BCUT2D eigenvalue weighted by atomic mass is 10.1. The normalized spacial score (nSPS) is 13.5. The third-order valence-electron chi connectivity index (χ3n) is 2.44. The third-order valence-corrected chi connectivity index (χ3v) is 3.17. The molecule has 1 aromatic carbocycles. The quantitative estimate of drug-likeness (QED) is 0.892. The molecular formula is C11H11BrO5. The minimum absolute atomic E-state index is 0.00972. The average molecular weight is 303 g/mol. The van der Waals surface area contributed by atoms with Crippen LogP contribution in [0.15, 0.2) is 10.5 Å². The number of hydrogen-bond donors (Lipinski definition) is 2. The van der Waals surface area contributed by atoms with Crippen LogP contribution in [0.25, 0.3) is 0 Å². The molecule has 0 unspecified atom stereocenters. The maximum absolute atomic E-state index is 10.5. The van der Waals surface area contributed by atoms with E-state index in [1.54, 1.807) is 6.07 Å². The maximum atomic E-state index is 10.5. The van der Waals surface area contributed by atoms with Gasteiger partial charge in [-0.3, -0.25) is 4.79 Å². The fraction of sp³-hybridized carbons (Fsp3) is 0.364. The maximum Gasteiger partial charge on any atom is 0.303 e. The second-order valence-corrected chi connectivity index (χ2v) is 4.41. The molecule has 1 aliphatic heterocycles. The third kappa shape index (κ3) is 2.46. The predicted molar refractivity (Wildman–Crippen MR) is 62.8 cm³/mol. The Bertz CT molecular complexity index is 458. The van der Waals surface area contributed by atoms with Crippen molar-refractivity contribution in [1.29, 1.82) is 0 Å². The highest BCUT2D eigenvalue weighted by Crippen LogP contribution is 2.45. The van der Waals surface area contributed by atoms with Crippen molar-refractivity contribution in [2.24, 2.45) is 0 Å². The first-order valence-electron chi connectivity index (χ1n) is 5.11. The van der Waals surface area contributed by atoms with Gasteiger partial charge in [-0.05, 0) is 34.0 Å². The number of aryl methyl sites for hydroxylation is 1. The molecule has 0 bridgehead atoms. The van der Waals surface area contributed by atoms with Crippen LogP contribution in [-0.2, 0) is 11.2 Å². The summed E-state index contributed by atoms with van der Waals surface area (Å²) in [6.07, 6.45) is 0.204. The smallest absolute Gasteiger partial charge is 0.303 e. The van der Waals surface area contributed by atoms with Crippen LogP contribution in [0.2, 0.25) is 0 Å². The zero-order chi connectivity index (χ0) is 12.4. The van der Waals surface area contributed by atoms with Gasteiger partial charge in [0, 0.05) is 6.42 Å². The molecule has 17 heavy (non-hydrogen) atoms. The van der Waals surface area contributed by atoms with Crippen LogP contribution in [0, 0.1) is 0 Å². The fourth-order valence-corrected chi connectivity index (χ4v) is 2.18. The highest BCUT2D eigenvalue weighted by Gasteiger charge is 2.21. The zero-order valence-corrected chi connectivity index (χ0v) is 10.5. The number of hydrogen-bond acceptors (Lipinski definition) is 4. The lowest BCUT2D eigenvalue weighted by Gasteiger charge is -2.21. The van der Waals surface area contributed by atoms with E-state index < -0.39 is 5.97 Å². The molecule has 0 aliphatic carbocycles. The Morgan fingerprint density at radius 3 is 2.82 bits per heavy atom.